The van der Waals surface area contributed by atoms with Gasteiger partial charge in [-0.2, -0.15) is 0 Å². The van der Waals surface area contributed by atoms with Crippen LogP contribution < -0.4 is 5.32 Å². The van der Waals surface area contributed by atoms with Crippen LogP contribution in [0, 0.1) is 0 Å². The number of hydrogen-bond acceptors (Lipinski definition) is 5. The summed E-state index contributed by atoms with van der Waals surface area (Å²) in [5.41, 5.74) is 3.53. The summed E-state index contributed by atoms with van der Waals surface area (Å²) in [4.78, 5) is 19.8. The van der Waals surface area contributed by atoms with E-state index in [1.165, 1.54) is 11.1 Å². The second-order valence-corrected chi connectivity index (χ2v) is 9.12. The largest absolute Gasteiger partial charge is 0.342 e. The van der Waals surface area contributed by atoms with E-state index < -0.39 is 5.54 Å². The first-order chi connectivity index (χ1) is 14.4. The van der Waals surface area contributed by atoms with Gasteiger partial charge >= 0.3 is 0 Å². The zero-order chi connectivity index (χ0) is 20.9. The van der Waals surface area contributed by atoms with Gasteiger partial charge in [-0.15, -0.1) is 10.2 Å². The summed E-state index contributed by atoms with van der Waals surface area (Å²) in [5.74, 6) is 1.84. The molecule has 0 spiro atoms. The van der Waals surface area contributed by atoms with Crippen molar-refractivity contribution in [3.05, 3.63) is 59.0 Å². The predicted molar refractivity (Wildman–Crippen MR) is 115 cm³/mol. The van der Waals surface area contributed by atoms with E-state index in [1.807, 2.05) is 31.3 Å². The van der Waals surface area contributed by atoms with Gasteiger partial charge in [-0.3, -0.25) is 9.78 Å². The third kappa shape index (κ3) is 3.37. The van der Waals surface area contributed by atoms with Crippen molar-refractivity contribution in [2.75, 3.05) is 13.6 Å². The molecule has 0 radical (unpaired) electrons. The molecule has 1 aliphatic carbocycles. The van der Waals surface area contributed by atoms with Gasteiger partial charge in [0, 0.05) is 38.2 Å². The van der Waals surface area contributed by atoms with E-state index in [0.717, 1.165) is 49.6 Å². The second kappa shape index (κ2) is 7.16. The molecule has 0 saturated carbocycles. The van der Waals surface area contributed by atoms with Crippen molar-refractivity contribution in [1.29, 1.82) is 0 Å². The molecule has 1 N–H and O–H groups in total. The molecular formula is C23H28N6O. The van der Waals surface area contributed by atoms with Gasteiger partial charge in [0.1, 0.15) is 11.5 Å². The number of aryl methyl sites for hydroxylation is 1. The highest BCUT2D eigenvalue weighted by Crippen LogP contribution is 2.34. The second-order valence-electron chi connectivity index (χ2n) is 9.12. The molecule has 0 bridgehead atoms. The van der Waals surface area contributed by atoms with Crippen LogP contribution >= 0.6 is 0 Å². The summed E-state index contributed by atoms with van der Waals surface area (Å²) >= 11 is 0. The number of nitrogens with one attached hydrogen (secondary N) is 1. The quantitative estimate of drug-likeness (QED) is 0.851. The lowest BCUT2D eigenvalue weighted by Gasteiger charge is -2.31. The summed E-state index contributed by atoms with van der Waals surface area (Å²) in [6.45, 7) is 6.15. The molecule has 0 saturated heterocycles. The van der Waals surface area contributed by atoms with Gasteiger partial charge in [-0.1, -0.05) is 18.2 Å². The Balaban J connectivity index is 1.34. The van der Waals surface area contributed by atoms with Crippen molar-refractivity contribution < 1.29 is 4.79 Å². The monoisotopic (exact) mass is 404 g/mol. The van der Waals surface area contributed by atoms with Gasteiger partial charge in [0.25, 0.3) is 5.91 Å². The van der Waals surface area contributed by atoms with Crippen molar-refractivity contribution in [2.45, 2.75) is 57.7 Å². The van der Waals surface area contributed by atoms with Crippen molar-refractivity contribution in [2.24, 2.45) is 0 Å². The van der Waals surface area contributed by atoms with Crippen molar-refractivity contribution >= 4 is 11.5 Å². The minimum Gasteiger partial charge on any atom is -0.342 e. The molecule has 1 amide bonds. The van der Waals surface area contributed by atoms with E-state index >= 15 is 0 Å². The van der Waals surface area contributed by atoms with Gasteiger partial charge in [0.15, 0.2) is 5.82 Å². The number of rotatable bonds is 3. The minimum atomic E-state index is -0.496. The number of carbonyl (C=O) groups is 1. The van der Waals surface area contributed by atoms with Crippen molar-refractivity contribution in [1.82, 2.24) is 30.0 Å². The van der Waals surface area contributed by atoms with Crippen LogP contribution in [0.4, 0.5) is 0 Å². The van der Waals surface area contributed by atoms with Crippen LogP contribution in [0.1, 0.15) is 66.0 Å². The van der Waals surface area contributed by atoms with Gasteiger partial charge in [0.2, 0.25) is 0 Å². The maximum Gasteiger partial charge on any atom is 0.270 e. The van der Waals surface area contributed by atoms with E-state index in [-0.39, 0.29) is 5.91 Å². The Bertz CT molecular complexity index is 1070. The van der Waals surface area contributed by atoms with Crippen LogP contribution in [0.5, 0.6) is 0 Å². The Hall–Kier alpha value is -2.80. The first-order valence-electron chi connectivity index (χ1n) is 10.7. The fourth-order valence-electron chi connectivity index (χ4n) is 4.80. The summed E-state index contributed by atoms with van der Waals surface area (Å²) in [7, 11) is 2.10. The van der Waals surface area contributed by atoms with Gasteiger partial charge in [-0.25, -0.2) is 0 Å². The smallest absolute Gasteiger partial charge is 0.270 e. The zero-order valence-electron chi connectivity index (χ0n) is 17.9. The minimum absolute atomic E-state index is 0.140. The van der Waals surface area contributed by atoms with Crippen LogP contribution in [0.25, 0.3) is 5.57 Å². The van der Waals surface area contributed by atoms with Gasteiger partial charge in [0.05, 0.1) is 5.54 Å². The Morgan fingerprint density at radius 2 is 2.13 bits per heavy atom. The molecular weight excluding hydrogens is 376 g/mol. The van der Waals surface area contributed by atoms with E-state index in [4.69, 9.17) is 0 Å². The average Bonchev–Trinajstić information content (AvgIpc) is 3.30. The van der Waals surface area contributed by atoms with E-state index in [9.17, 15) is 4.79 Å². The highest BCUT2D eigenvalue weighted by atomic mass is 16.2. The number of amides is 1. The highest BCUT2D eigenvalue weighted by molar-refractivity contribution is 5.93. The van der Waals surface area contributed by atoms with Crippen LogP contribution in [0.15, 0.2) is 30.5 Å². The molecule has 0 fully saturated rings. The number of pyridine rings is 1. The molecule has 30 heavy (non-hydrogen) atoms. The van der Waals surface area contributed by atoms with Crippen LogP contribution in [0.2, 0.25) is 0 Å². The lowest BCUT2D eigenvalue weighted by Crippen LogP contribution is -2.45. The average molecular weight is 405 g/mol. The molecule has 156 valence electrons. The highest BCUT2D eigenvalue weighted by Gasteiger charge is 2.32. The Kier molecular flexibility index (Phi) is 4.58. The molecule has 7 nitrogen and oxygen atoms in total. The number of likely N-dealkylation sites (N-methyl/N-ethyl adjacent to an activating group) is 1. The lowest BCUT2D eigenvalue weighted by molar-refractivity contribution is 0.0918. The molecule has 1 unspecified atom stereocenters. The molecule has 7 heteroatoms. The molecule has 2 aromatic heterocycles. The summed E-state index contributed by atoms with van der Waals surface area (Å²) in [6, 6.07) is 2.36. The number of aromatic nitrogens is 4. The van der Waals surface area contributed by atoms with E-state index in [0.29, 0.717) is 18.2 Å². The van der Waals surface area contributed by atoms with E-state index in [1.54, 1.807) is 0 Å². The van der Waals surface area contributed by atoms with E-state index in [2.05, 4.69) is 50.0 Å². The maximum atomic E-state index is 13.0. The van der Waals surface area contributed by atoms with Crippen LogP contribution in [-0.2, 0) is 19.4 Å². The number of nitrogens with zero attached hydrogens (tertiary/aromatic N) is 5. The molecule has 4 heterocycles. The normalized spacial score (nSPS) is 25.6. The van der Waals surface area contributed by atoms with Crippen molar-refractivity contribution in [3.8, 4) is 0 Å². The number of carbonyl (C=O) groups excluding carboxylic acids is 1. The Morgan fingerprint density at radius 1 is 1.27 bits per heavy atom. The third-order valence-corrected chi connectivity index (χ3v) is 6.52. The molecule has 2 aromatic rings. The van der Waals surface area contributed by atoms with Crippen LogP contribution in [0.3, 0.4) is 0 Å². The zero-order valence-corrected chi connectivity index (χ0v) is 17.9. The molecule has 5 rings (SSSR count). The Morgan fingerprint density at radius 3 is 3.00 bits per heavy atom. The molecule has 3 aliphatic rings. The first-order valence-corrected chi connectivity index (χ1v) is 10.7. The number of hydrogen-bond donors (Lipinski definition) is 1. The Labute approximate surface area is 176 Å². The molecule has 2 aliphatic heterocycles. The number of allylic oxidation sites excluding steroid dienone is 2. The third-order valence-electron chi connectivity index (χ3n) is 6.52. The summed E-state index contributed by atoms with van der Waals surface area (Å²) < 4.78 is 2.24. The SMILES string of the molecule is C[C@@H]1CCc2nnc(C3=CC=CC(C)(NC(=O)c4cc5c(cn4)CCN(C)C5)C3)n21. The van der Waals surface area contributed by atoms with Gasteiger partial charge in [-0.05, 0) is 56.5 Å². The molecule has 2 atom stereocenters. The maximum absolute atomic E-state index is 13.0. The van der Waals surface area contributed by atoms with Crippen LogP contribution in [-0.4, -0.2) is 49.7 Å². The van der Waals surface area contributed by atoms with Crippen molar-refractivity contribution in [3.63, 3.8) is 0 Å². The first kappa shape index (κ1) is 19.2. The predicted octanol–water partition coefficient (Wildman–Crippen LogP) is 2.70. The topological polar surface area (TPSA) is 75.9 Å². The van der Waals surface area contributed by atoms with Gasteiger partial charge < -0.3 is 14.8 Å². The summed E-state index contributed by atoms with van der Waals surface area (Å²) in [6.07, 6.45) is 11.7. The fourth-order valence-corrected chi connectivity index (χ4v) is 4.80. The fraction of sp³-hybridized carbons (Fsp3) is 0.478. The standard InChI is InChI=1S/C23H28N6O/c1-15-6-7-20-26-27-21(29(15)20)16-5-4-9-23(2,12-16)25-22(30)19-11-18-14-28(3)10-8-17(18)13-24-19/h4-5,9,11,13,15H,6-8,10,12,14H2,1-3H3,(H,25,30)/t15-,23?/m1/s1. The molecule has 0 aromatic carbocycles. The summed E-state index contributed by atoms with van der Waals surface area (Å²) in [5, 5.41) is 12.0. The number of fused-ring (bicyclic) bond motifs is 2. The lowest BCUT2D eigenvalue weighted by atomic mass is 9.87.